The van der Waals surface area contributed by atoms with Gasteiger partial charge in [0.2, 0.25) is 0 Å². The van der Waals surface area contributed by atoms with Crippen LogP contribution in [0.3, 0.4) is 0 Å². The molecule has 1 rings (SSSR count). The molecule has 0 aromatic heterocycles. The first kappa shape index (κ1) is 11.3. The molecule has 0 unspecified atom stereocenters. The molecule has 0 aliphatic rings. The van der Waals surface area contributed by atoms with Crippen LogP contribution < -0.4 is 5.32 Å². The number of hydrogen-bond donors (Lipinski definition) is 1. The highest BCUT2D eigenvalue weighted by atomic mass is 35.5. The van der Waals surface area contributed by atoms with Gasteiger partial charge in [-0.05, 0) is 25.1 Å². The molecule has 0 fully saturated rings. The SMILES string of the molecule is CCC(=Cc1ccccc1Cl)CNC. The molecule has 1 nitrogen and oxygen atoms in total. The first-order valence-corrected chi connectivity index (χ1v) is 5.24. The molecule has 0 aliphatic carbocycles. The second kappa shape index (κ2) is 5.84. The highest BCUT2D eigenvalue weighted by Crippen LogP contribution is 2.18. The summed E-state index contributed by atoms with van der Waals surface area (Å²) in [5.74, 6) is 0. The summed E-state index contributed by atoms with van der Waals surface area (Å²) in [6, 6.07) is 7.90. The monoisotopic (exact) mass is 209 g/mol. The maximum absolute atomic E-state index is 6.06. The third-order valence-electron chi connectivity index (χ3n) is 2.12. The summed E-state index contributed by atoms with van der Waals surface area (Å²) >= 11 is 6.06. The van der Waals surface area contributed by atoms with Gasteiger partial charge in [-0.1, -0.05) is 48.4 Å². The van der Waals surface area contributed by atoms with E-state index in [4.69, 9.17) is 11.6 Å². The van der Waals surface area contributed by atoms with Crippen molar-refractivity contribution >= 4 is 17.7 Å². The summed E-state index contributed by atoms with van der Waals surface area (Å²) in [6.07, 6.45) is 3.20. The van der Waals surface area contributed by atoms with Gasteiger partial charge >= 0.3 is 0 Å². The van der Waals surface area contributed by atoms with E-state index >= 15 is 0 Å². The lowest BCUT2D eigenvalue weighted by Gasteiger charge is -2.04. The Labute approximate surface area is 90.8 Å². The van der Waals surface area contributed by atoms with Crippen LogP contribution in [0.4, 0.5) is 0 Å². The average Bonchev–Trinajstić information content (AvgIpc) is 2.20. The van der Waals surface area contributed by atoms with E-state index in [1.807, 2.05) is 31.3 Å². The molecular formula is C12H16ClN. The summed E-state index contributed by atoms with van der Waals surface area (Å²) in [7, 11) is 1.95. The van der Waals surface area contributed by atoms with Crippen LogP contribution in [0.5, 0.6) is 0 Å². The summed E-state index contributed by atoms with van der Waals surface area (Å²) < 4.78 is 0. The van der Waals surface area contributed by atoms with Crippen molar-refractivity contribution in [2.24, 2.45) is 0 Å². The second-order valence-electron chi connectivity index (χ2n) is 3.21. The highest BCUT2D eigenvalue weighted by molar-refractivity contribution is 6.32. The minimum absolute atomic E-state index is 0.814. The van der Waals surface area contributed by atoms with Gasteiger partial charge in [0, 0.05) is 11.6 Å². The minimum atomic E-state index is 0.814. The number of hydrogen-bond acceptors (Lipinski definition) is 1. The molecule has 0 radical (unpaired) electrons. The van der Waals surface area contributed by atoms with E-state index in [0.717, 1.165) is 23.6 Å². The zero-order valence-corrected chi connectivity index (χ0v) is 9.43. The van der Waals surface area contributed by atoms with Crippen molar-refractivity contribution in [2.45, 2.75) is 13.3 Å². The Kier molecular flexibility index (Phi) is 4.71. The fourth-order valence-corrected chi connectivity index (χ4v) is 1.51. The van der Waals surface area contributed by atoms with Gasteiger partial charge in [0.05, 0.1) is 0 Å². The van der Waals surface area contributed by atoms with Crippen molar-refractivity contribution in [2.75, 3.05) is 13.6 Å². The predicted octanol–water partition coefficient (Wildman–Crippen LogP) is 3.35. The maximum Gasteiger partial charge on any atom is 0.0478 e. The van der Waals surface area contributed by atoms with Crippen molar-refractivity contribution in [1.82, 2.24) is 5.32 Å². The van der Waals surface area contributed by atoms with Gasteiger partial charge < -0.3 is 5.32 Å². The van der Waals surface area contributed by atoms with Crippen LogP contribution in [0, 0.1) is 0 Å². The first-order chi connectivity index (χ1) is 6.77. The van der Waals surface area contributed by atoms with Crippen molar-refractivity contribution in [3.8, 4) is 0 Å². The van der Waals surface area contributed by atoms with Crippen LogP contribution >= 0.6 is 11.6 Å². The summed E-state index contributed by atoms with van der Waals surface area (Å²) in [4.78, 5) is 0. The molecule has 1 N–H and O–H groups in total. The van der Waals surface area contributed by atoms with Gasteiger partial charge in [0.15, 0.2) is 0 Å². The molecule has 76 valence electrons. The summed E-state index contributed by atoms with van der Waals surface area (Å²) in [5, 5.41) is 3.96. The Bertz CT molecular complexity index is 318. The van der Waals surface area contributed by atoms with Gasteiger partial charge in [-0.15, -0.1) is 0 Å². The van der Waals surface area contributed by atoms with Crippen molar-refractivity contribution in [3.63, 3.8) is 0 Å². The zero-order valence-electron chi connectivity index (χ0n) is 8.68. The molecule has 0 saturated carbocycles. The fraction of sp³-hybridized carbons (Fsp3) is 0.333. The molecule has 1 aromatic rings. The van der Waals surface area contributed by atoms with Crippen LogP contribution in [0.15, 0.2) is 29.8 Å². The normalized spacial score (nSPS) is 11.8. The Hall–Kier alpha value is -0.790. The summed E-state index contributed by atoms with van der Waals surface area (Å²) in [6.45, 7) is 3.07. The molecule has 0 saturated heterocycles. The van der Waals surface area contributed by atoms with Crippen molar-refractivity contribution < 1.29 is 0 Å². The fourth-order valence-electron chi connectivity index (χ4n) is 1.32. The van der Waals surface area contributed by atoms with E-state index in [1.54, 1.807) is 0 Å². The van der Waals surface area contributed by atoms with Crippen LogP contribution in [0.25, 0.3) is 6.08 Å². The smallest absolute Gasteiger partial charge is 0.0478 e. The third-order valence-corrected chi connectivity index (χ3v) is 2.47. The molecule has 14 heavy (non-hydrogen) atoms. The molecule has 0 amide bonds. The van der Waals surface area contributed by atoms with Gasteiger partial charge in [-0.2, -0.15) is 0 Å². The Morgan fingerprint density at radius 1 is 1.43 bits per heavy atom. The zero-order chi connectivity index (χ0) is 10.4. The Morgan fingerprint density at radius 3 is 2.71 bits per heavy atom. The van der Waals surface area contributed by atoms with E-state index < -0.39 is 0 Å². The lowest BCUT2D eigenvalue weighted by atomic mass is 10.1. The lowest BCUT2D eigenvalue weighted by Crippen LogP contribution is -2.09. The Balaban J connectivity index is 2.88. The molecule has 0 atom stereocenters. The van der Waals surface area contributed by atoms with E-state index in [2.05, 4.69) is 18.3 Å². The molecule has 1 aromatic carbocycles. The predicted molar refractivity (Wildman–Crippen MR) is 63.6 cm³/mol. The van der Waals surface area contributed by atoms with Crippen LogP contribution in [-0.4, -0.2) is 13.6 Å². The average molecular weight is 210 g/mol. The quantitative estimate of drug-likeness (QED) is 0.802. The van der Waals surface area contributed by atoms with Gasteiger partial charge in [0.25, 0.3) is 0 Å². The highest BCUT2D eigenvalue weighted by Gasteiger charge is 1.97. The first-order valence-electron chi connectivity index (χ1n) is 4.86. The van der Waals surface area contributed by atoms with Crippen molar-refractivity contribution in [3.05, 3.63) is 40.4 Å². The molecule has 2 heteroatoms. The lowest BCUT2D eigenvalue weighted by molar-refractivity contribution is 0.851. The van der Waals surface area contributed by atoms with Gasteiger partial charge in [-0.25, -0.2) is 0 Å². The number of benzene rings is 1. The number of halogens is 1. The van der Waals surface area contributed by atoms with Crippen LogP contribution in [-0.2, 0) is 0 Å². The van der Waals surface area contributed by atoms with E-state index in [0.29, 0.717) is 0 Å². The standard InChI is InChI=1S/C12H16ClN/c1-3-10(9-14-2)8-11-6-4-5-7-12(11)13/h4-8,14H,3,9H2,1-2H3. The van der Waals surface area contributed by atoms with E-state index in [-0.39, 0.29) is 0 Å². The van der Waals surface area contributed by atoms with Gasteiger partial charge in [0.1, 0.15) is 0 Å². The van der Waals surface area contributed by atoms with Crippen LogP contribution in [0.1, 0.15) is 18.9 Å². The number of likely N-dealkylation sites (N-methyl/N-ethyl adjacent to an activating group) is 1. The van der Waals surface area contributed by atoms with E-state index in [1.165, 1.54) is 5.57 Å². The summed E-state index contributed by atoms with van der Waals surface area (Å²) in [5.41, 5.74) is 2.46. The minimum Gasteiger partial charge on any atom is -0.316 e. The molecule has 0 heterocycles. The molecular weight excluding hydrogens is 194 g/mol. The number of nitrogens with one attached hydrogen (secondary N) is 1. The van der Waals surface area contributed by atoms with E-state index in [9.17, 15) is 0 Å². The maximum atomic E-state index is 6.06. The third kappa shape index (κ3) is 3.17. The van der Waals surface area contributed by atoms with Crippen LogP contribution in [0.2, 0.25) is 5.02 Å². The van der Waals surface area contributed by atoms with Gasteiger partial charge in [-0.3, -0.25) is 0 Å². The topological polar surface area (TPSA) is 12.0 Å². The molecule has 0 spiro atoms. The second-order valence-corrected chi connectivity index (χ2v) is 3.62. The van der Waals surface area contributed by atoms with Crippen molar-refractivity contribution in [1.29, 1.82) is 0 Å². The molecule has 0 bridgehead atoms. The molecule has 0 aliphatic heterocycles. The largest absolute Gasteiger partial charge is 0.316 e. The Morgan fingerprint density at radius 2 is 2.14 bits per heavy atom. The number of rotatable bonds is 4.